The van der Waals surface area contributed by atoms with Gasteiger partial charge in [0, 0.05) is 21.9 Å². The van der Waals surface area contributed by atoms with Crippen LogP contribution in [0.25, 0.3) is 44.2 Å². The van der Waals surface area contributed by atoms with Crippen molar-refractivity contribution in [3.05, 3.63) is 72.9 Å². The molecule has 1 aliphatic carbocycles. The van der Waals surface area contributed by atoms with Crippen LogP contribution in [0, 0.1) is 0 Å². The van der Waals surface area contributed by atoms with Crippen molar-refractivity contribution in [1.29, 1.82) is 0 Å². The van der Waals surface area contributed by atoms with Crippen LogP contribution in [0.4, 0.5) is 5.69 Å². The molecule has 0 bridgehead atoms. The zero-order valence-corrected chi connectivity index (χ0v) is 17.1. The number of pyridine rings is 1. The number of aromatic nitrogens is 4. The molecule has 1 N–H and O–H groups in total. The first-order valence-electron chi connectivity index (χ1n) is 9.81. The summed E-state index contributed by atoms with van der Waals surface area (Å²) in [6.45, 7) is 0. The van der Waals surface area contributed by atoms with E-state index in [9.17, 15) is 4.79 Å². The van der Waals surface area contributed by atoms with Crippen LogP contribution in [0.15, 0.2) is 78.1 Å². The number of rotatable bonds is 4. The molecule has 0 aliphatic heterocycles. The first-order valence-corrected chi connectivity index (χ1v) is 10.8. The highest BCUT2D eigenvalue weighted by molar-refractivity contribution is 7.99. The normalized spacial score (nSPS) is 11.6. The molecule has 7 heteroatoms. The molecule has 6 nitrogen and oxygen atoms in total. The van der Waals surface area contributed by atoms with Crippen LogP contribution in [-0.4, -0.2) is 31.8 Å². The monoisotopic (exact) mass is 421 g/mol. The van der Waals surface area contributed by atoms with Gasteiger partial charge in [0.15, 0.2) is 0 Å². The van der Waals surface area contributed by atoms with Gasteiger partial charge in [0.2, 0.25) is 11.1 Å². The summed E-state index contributed by atoms with van der Waals surface area (Å²) in [6.07, 6.45) is 1.66. The lowest BCUT2D eigenvalue weighted by molar-refractivity contribution is -0.113. The van der Waals surface area contributed by atoms with E-state index in [-0.39, 0.29) is 11.7 Å². The van der Waals surface area contributed by atoms with E-state index < -0.39 is 0 Å². The zero-order chi connectivity index (χ0) is 20.8. The third kappa shape index (κ3) is 3.10. The van der Waals surface area contributed by atoms with E-state index in [1.165, 1.54) is 11.8 Å². The van der Waals surface area contributed by atoms with Crippen molar-refractivity contribution in [2.75, 3.05) is 11.1 Å². The molecule has 0 radical (unpaired) electrons. The summed E-state index contributed by atoms with van der Waals surface area (Å²) < 4.78 is 0. The lowest BCUT2D eigenvalue weighted by atomic mass is 10.0. The molecule has 148 valence electrons. The first kappa shape index (κ1) is 18.0. The number of hydrogen-bond donors (Lipinski definition) is 1. The lowest BCUT2D eigenvalue weighted by Gasteiger charge is -2.06. The van der Waals surface area contributed by atoms with Gasteiger partial charge in [-0.05, 0) is 17.5 Å². The van der Waals surface area contributed by atoms with Gasteiger partial charge in [0.25, 0.3) is 0 Å². The van der Waals surface area contributed by atoms with E-state index in [1.807, 2.05) is 48.5 Å². The van der Waals surface area contributed by atoms with Gasteiger partial charge in [-0.3, -0.25) is 9.78 Å². The maximum absolute atomic E-state index is 12.5. The van der Waals surface area contributed by atoms with Gasteiger partial charge in [0.1, 0.15) is 11.4 Å². The number of hydrogen-bond acceptors (Lipinski definition) is 6. The van der Waals surface area contributed by atoms with Crippen LogP contribution in [0.1, 0.15) is 0 Å². The summed E-state index contributed by atoms with van der Waals surface area (Å²) in [5.74, 6) is 0.0429. The fourth-order valence-electron chi connectivity index (χ4n) is 3.94. The second kappa shape index (κ2) is 7.14. The Kier molecular flexibility index (Phi) is 4.14. The third-order valence-electron chi connectivity index (χ3n) is 5.29. The second-order valence-electron chi connectivity index (χ2n) is 7.25. The van der Waals surface area contributed by atoms with Crippen molar-refractivity contribution in [1.82, 2.24) is 20.2 Å². The number of anilines is 1. The summed E-state index contributed by atoms with van der Waals surface area (Å²) >= 11 is 1.27. The largest absolute Gasteiger partial charge is 0.324 e. The number of thioether (sulfide) groups is 1. The van der Waals surface area contributed by atoms with Crippen LogP contribution in [0.5, 0.6) is 0 Å². The van der Waals surface area contributed by atoms with Gasteiger partial charge >= 0.3 is 0 Å². The molecule has 0 fully saturated rings. The quantitative estimate of drug-likeness (QED) is 0.406. The van der Waals surface area contributed by atoms with Crippen molar-refractivity contribution < 1.29 is 4.79 Å². The number of benzene rings is 3. The predicted octanol–water partition coefficient (Wildman–Crippen LogP) is 4.95. The summed E-state index contributed by atoms with van der Waals surface area (Å²) in [6, 6.07) is 22.0. The number of carbonyl (C=O) groups is 1. The van der Waals surface area contributed by atoms with Crippen LogP contribution in [0.3, 0.4) is 0 Å². The number of para-hydroxylation sites is 1. The molecule has 0 spiro atoms. The standard InChI is InChI=1S/C24H15N5OS/c30-20(26-16-11-15-5-1-2-10-19(15)25-12-16)13-31-24-27-22-17-8-3-6-14-7-4-9-18(21(14)17)23(22)28-29-24/h1-12H,13H2,(H,26,30). The Labute approximate surface area is 181 Å². The Bertz CT molecular complexity index is 1500. The summed E-state index contributed by atoms with van der Waals surface area (Å²) in [5.41, 5.74) is 5.29. The van der Waals surface area contributed by atoms with E-state index >= 15 is 0 Å². The highest BCUT2D eigenvalue weighted by Crippen LogP contribution is 2.44. The van der Waals surface area contributed by atoms with Gasteiger partial charge in [-0.25, -0.2) is 4.98 Å². The molecule has 5 aromatic rings. The minimum Gasteiger partial charge on any atom is -0.324 e. The Balaban J connectivity index is 1.21. The number of amides is 1. The fourth-order valence-corrected chi connectivity index (χ4v) is 4.53. The zero-order valence-electron chi connectivity index (χ0n) is 16.2. The average Bonchev–Trinajstić information content (AvgIpc) is 3.13. The minimum atomic E-state index is -0.142. The molecule has 1 aliphatic rings. The summed E-state index contributed by atoms with van der Waals surface area (Å²) in [4.78, 5) is 21.5. The Morgan fingerprint density at radius 2 is 1.65 bits per heavy atom. The van der Waals surface area contributed by atoms with Crippen molar-refractivity contribution >= 4 is 45.0 Å². The molecule has 0 atom stereocenters. The van der Waals surface area contributed by atoms with E-state index in [1.54, 1.807) is 6.20 Å². The van der Waals surface area contributed by atoms with Crippen molar-refractivity contribution in [2.24, 2.45) is 0 Å². The molecule has 1 amide bonds. The summed E-state index contributed by atoms with van der Waals surface area (Å²) in [7, 11) is 0. The van der Waals surface area contributed by atoms with E-state index in [0.29, 0.717) is 10.8 Å². The number of carbonyl (C=O) groups excluding carboxylic acids is 1. The average molecular weight is 421 g/mol. The maximum Gasteiger partial charge on any atom is 0.234 e. The SMILES string of the molecule is O=C(CSc1nnc2c(n1)-c1cccc3cccc-2c13)Nc1cnc2ccccc2c1. The van der Waals surface area contributed by atoms with Gasteiger partial charge in [-0.15, -0.1) is 10.2 Å². The minimum absolute atomic E-state index is 0.142. The molecule has 2 heterocycles. The van der Waals surface area contributed by atoms with Gasteiger partial charge in [-0.1, -0.05) is 66.4 Å². The highest BCUT2D eigenvalue weighted by Gasteiger charge is 2.25. The molecule has 0 saturated carbocycles. The molecule has 0 saturated heterocycles. The topological polar surface area (TPSA) is 80.7 Å². The Hall–Kier alpha value is -3.84. The molecule has 6 rings (SSSR count). The number of nitrogens with one attached hydrogen (secondary N) is 1. The Morgan fingerprint density at radius 3 is 2.52 bits per heavy atom. The fraction of sp³-hybridized carbons (Fsp3) is 0.0417. The molecular weight excluding hydrogens is 406 g/mol. The van der Waals surface area contributed by atoms with E-state index in [4.69, 9.17) is 4.98 Å². The van der Waals surface area contributed by atoms with Gasteiger partial charge in [0.05, 0.1) is 23.2 Å². The number of fused-ring (bicyclic) bond motifs is 4. The van der Waals surface area contributed by atoms with Crippen LogP contribution < -0.4 is 5.32 Å². The highest BCUT2D eigenvalue weighted by atomic mass is 32.2. The molecule has 0 unspecified atom stereocenters. The van der Waals surface area contributed by atoms with Crippen LogP contribution >= 0.6 is 11.8 Å². The second-order valence-corrected chi connectivity index (χ2v) is 8.20. The van der Waals surface area contributed by atoms with Crippen molar-refractivity contribution in [3.63, 3.8) is 0 Å². The first-order chi connectivity index (χ1) is 15.3. The van der Waals surface area contributed by atoms with Crippen molar-refractivity contribution in [3.8, 4) is 22.5 Å². The Morgan fingerprint density at radius 1 is 0.871 bits per heavy atom. The summed E-state index contributed by atoms with van der Waals surface area (Å²) in [5, 5.41) is 15.3. The maximum atomic E-state index is 12.5. The molecular formula is C24H15N5OS. The van der Waals surface area contributed by atoms with E-state index in [2.05, 4.69) is 38.7 Å². The van der Waals surface area contributed by atoms with Gasteiger partial charge in [-0.2, -0.15) is 0 Å². The third-order valence-corrected chi connectivity index (χ3v) is 6.13. The van der Waals surface area contributed by atoms with Crippen LogP contribution in [0.2, 0.25) is 0 Å². The predicted molar refractivity (Wildman–Crippen MR) is 123 cm³/mol. The smallest absolute Gasteiger partial charge is 0.234 e. The van der Waals surface area contributed by atoms with Crippen molar-refractivity contribution in [2.45, 2.75) is 5.16 Å². The van der Waals surface area contributed by atoms with Gasteiger partial charge < -0.3 is 5.32 Å². The van der Waals surface area contributed by atoms with Crippen LogP contribution in [-0.2, 0) is 4.79 Å². The molecule has 2 aromatic heterocycles. The number of nitrogens with zero attached hydrogens (tertiary/aromatic N) is 4. The molecule has 31 heavy (non-hydrogen) atoms. The van der Waals surface area contributed by atoms with E-state index in [0.717, 1.165) is 44.2 Å². The lowest BCUT2D eigenvalue weighted by Crippen LogP contribution is -2.14. The molecule has 3 aromatic carbocycles.